The number of halogens is 2. The van der Waals surface area contributed by atoms with Crippen LogP contribution in [0.2, 0.25) is 10.0 Å². The molecule has 23 heavy (non-hydrogen) atoms. The number of amides is 1. The second-order valence-electron chi connectivity index (χ2n) is 5.34. The number of anilines is 1. The molecular weight excluding hydrogens is 333 g/mol. The summed E-state index contributed by atoms with van der Waals surface area (Å²) in [5.74, 6) is 0.928. The van der Waals surface area contributed by atoms with Gasteiger partial charge in [-0.2, -0.15) is 0 Å². The molecule has 0 spiro atoms. The van der Waals surface area contributed by atoms with Crippen LogP contribution in [-0.2, 0) is 4.79 Å². The highest BCUT2D eigenvalue weighted by molar-refractivity contribution is 6.42. The Hall–Kier alpha value is -1.71. The van der Waals surface area contributed by atoms with Gasteiger partial charge in [0.05, 0.1) is 10.0 Å². The number of hydrogen-bond donors (Lipinski definition) is 1. The molecule has 0 radical (unpaired) electrons. The number of hydrogen-bond acceptors (Lipinski definition) is 2. The van der Waals surface area contributed by atoms with Gasteiger partial charge in [-0.3, -0.25) is 4.79 Å². The maximum atomic E-state index is 11.9. The molecule has 0 aliphatic carbocycles. The summed E-state index contributed by atoms with van der Waals surface area (Å²) in [6.07, 6.45) is 1.09. The van der Waals surface area contributed by atoms with Crippen molar-refractivity contribution >= 4 is 34.8 Å². The third-order valence-electron chi connectivity index (χ3n) is 3.63. The normalized spacial score (nSPS) is 11.8. The summed E-state index contributed by atoms with van der Waals surface area (Å²) < 4.78 is 5.49. The molecular formula is C18H19Cl2NO2. The minimum absolute atomic E-state index is 0.0665. The van der Waals surface area contributed by atoms with Gasteiger partial charge in [0.25, 0.3) is 5.91 Å². The van der Waals surface area contributed by atoms with Crippen LogP contribution in [0.1, 0.15) is 31.7 Å². The molecule has 0 saturated heterocycles. The van der Waals surface area contributed by atoms with Crippen molar-refractivity contribution in [2.24, 2.45) is 0 Å². The first-order valence-corrected chi connectivity index (χ1v) is 8.23. The Morgan fingerprint density at radius 1 is 1.13 bits per heavy atom. The van der Waals surface area contributed by atoms with Gasteiger partial charge in [0.15, 0.2) is 6.61 Å². The van der Waals surface area contributed by atoms with Gasteiger partial charge in [-0.25, -0.2) is 0 Å². The van der Waals surface area contributed by atoms with Gasteiger partial charge in [-0.05, 0) is 48.2 Å². The fourth-order valence-electron chi connectivity index (χ4n) is 2.05. The van der Waals surface area contributed by atoms with Crippen LogP contribution >= 0.6 is 23.2 Å². The molecule has 1 atom stereocenters. The van der Waals surface area contributed by atoms with Crippen molar-refractivity contribution in [3.05, 3.63) is 58.1 Å². The lowest BCUT2D eigenvalue weighted by Gasteiger charge is -2.11. The van der Waals surface area contributed by atoms with E-state index in [0.29, 0.717) is 27.4 Å². The monoisotopic (exact) mass is 351 g/mol. The second kappa shape index (κ2) is 8.23. The molecule has 0 fully saturated rings. The van der Waals surface area contributed by atoms with Gasteiger partial charge in [0, 0.05) is 5.69 Å². The molecule has 1 amide bonds. The zero-order chi connectivity index (χ0) is 16.8. The fraction of sp³-hybridized carbons (Fsp3) is 0.278. The number of carbonyl (C=O) groups excluding carboxylic acids is 1. The van der Waals surface area contributed by atoms with Crippen LogP contribution in [0.5, 0.6) is 5.75 Å². The molecule has 0 bridgehead atoms. The molecule has 0 saturated carbocycles. The first-order chi connectivity index (χ1) is 11.0. The van der Waals surface area contributed by atoms with E-state index in [0.717, 1.165) is 6.42 Å². The van der Waals surface area contributed by atoms with E-state index in [9.17, 15) is 4.79 Å². The average molecular weight is 352 g/mol. The Morgan fingerprint density at radius 3 is 2.43 bits per heavy atom. The smallest absolute Gasteiger partial charge is 0.262 e. The van der Waals surface area contributed by atoms with Crippen molar-refractivity contribution in [2.45, 2.75) is 26.2 Å². The van der Waals surface area contributed by atoms with Gasteiger partial charge >= 0.3 is 0 Å². The zero-order valence-electron chi connectivity index (χ0n) is 13.1. The van der Waals surface area contributed by atoms with Crippen LogP contribution in [0, 0.1) is 0 Å². The Kier molecular flexibility index (Phi) is 6.31. The number of benzene rings is 2. The molecule has 122 valence electrons. The van der Waals surface area contributed by atoms with Gasteiger partial charge in [0.2, 0.25) is 0 Å². The fourth-order valence-corrected chi connectivity index (χ4v) is 2.35. The van der Waals surface area contributed by atoms with Crippen LogP contribution in [0.15, 0.2) is 42.5 Å². The van der Waals surface area contributed by atoms with Crippen molar-refractivity contribution in [3.8, 4) is 5.75 Å². The van der Waals surface area contributed by atoms with Gasteiger partial charge in [-0.15, -0.1) is 0 Å². The molecule has 0 aromatic heterocycles. The number of carbonyl (C=O) groups is 1. The topological polar surface area (TPSA) is 38.3 Å². The summed E-state index contributed by atoms with van der Waals surface area (Å²) in [6.45, 7) is 4.27. The second-order valence-corrected chi connectivity index (χ2v) is 6.16. The summed E-state index contributed by atoms with van der Waals surface area (Å²) in [4.78, 5) is 11.9. The zero-order valence-corrected chi connectivity index (χ0v) is 14.6. The van der Waals surface area contributed by atoms with Gasteiger partial charge in [-0.1, -0.05) is 49.2 Å². The molecule has 2 rings (SSSR count). The Balaban J connectivity index is 1.87. The van der Waals surface area contributed by atoms with E-state index in [4.69, 9.17) is 27.9 Å². The largest absolute Gasteiger partial charge is 0.484 e. The minimum atomic E-state index is -0.255. The highest BCUT2D eigenvalue weighted by Crippen LogP contribution is 2.25. The van der Waals surface area contributed by atoms with E-state index < -0.39 is 0 Å². The van der Waals surface area contributed by atoms with E-state index in [-0.39, 0.29) is 12.5 Å². The Bertz CT molecular complexity index is 671. The quantitative estimate of drug-likeness (QED) is 0.743. The first kappa shape index (κ1) is 17.6. The number of nitrogens with one attached hydrogen (secondary N) is 1. The standard InChI is InChI=1S/C18H19Cl2NO2/c1-3-12(2)13-4-7-15(8-5-13)23-11-18(22)21-14-6-9-16(19)17(20)10-14/h4-10,12H,3,11H2,1-2H3,(H,21,22)/t12-/m0/s1. The highest BCUT2D eigenvalue weighted by Gasteiger charge is 2.07. The van der Waals surface area contributed by atoms with Crippen molar-refractivity contribution in [1.82, 2.24) is 0 Å². The van der Waals surface area contributed by atoms with Crippen LogP contribution < -0.4 is 10.1 Å². The Labute approximate surface area is 146 Å². The molecule has 0 aliphatic heterocycles. The van der Waals surface area contributed by atoms with Crippen LogP contribution in [0.4, 0.5) is 5.69 Å². The van der Waals surface area contributed by atoms with Crippen LogP contribution in [-0.4, -0.2) is 12.5 Å². The average Bonchev–Trinajstić information content (AvgIpc) is 2.56. The summed E-state index contributed by atoms with van der Waals surface area (Å²) >= 11 is 11.7. The molecule has 3 nitrogen and oxygen atoms in total. The SMILES string of the molecule is CC[C@H](C)c1ccc(OCC(=O)Nc2ccc(Cl)c(Cl)c2)cc1. The molecule has 2 aromatic carbocycles. The maximum absolute atomic E-state index is 11.9. The number of ether oxygens (including phenoxy) is 1. The van der Waals surface area contributed by atoms with Gasteiger partial charge in [0.1, 0.15) is 5.75 Å². The van der Waals surface area contributed by atoms with E-state index >= 15 is 0 Å². The van der Waals surface area contributed by atoms with Crippen LogP contribution in [0.3, 0.4) is 0 Å². The molecule has 0 aliphatic rings. The van der Waals surface area contributed by atoms with Crippen molar-refractivity contribution in [3.63, 3.8) is 0 Å². The summed E-state index contributed by atoms with van der Waals surface area (Å²) in [7, 11) is 0. The maximum Gasteiger partial charge on any atom is 0.262 e. The molecule has 5 heteroatoms. The minimum Gasteiger partial charge on any atom is -0.484 e. The van der Waals surface area contributed by atoms with E-state index in [1.807, 2.05) is 24.3 Å². The lowest BCUT2D eigenvalue weighted by atomic mass is 9.99. The van der Waals surface area contributed by atoms with E-state index in [1.165, 1.54) is 5.56 Å². The summed E-state index contributed by atoms with van der Waals surface area (Å²) in [6, 6.07) is 12.7. The molecule has 0 unspecified atom stereocenters. The van der Waals surface area contributed by atoms with E-state index in [2.05, 4.69) is 19.2 Å². The van der Waals surface area contributed by atoms with Crippen LogP contribution in [0.25, 0.3) is 0 Å². The van der Waals surface area contributed by atoms with Crippen molar-refractivity contribution in [2.75, 3.05) is 11.9 Å². The number of rotatable bonds is 6. The third-order valence-corrected chi connectivity index (χ3v) is 4.37. The lowest BCUT2D eigenvalue weighted by molar-refractivity contribution is -0.118. The Morgan fingerprint density at radius 2 is 1.83 bits per heavy atom. The highest BCUT2D eigenvalue weighted by atomic mass is 35.5. The third kappa shape index (κ3) is 5.15. The van der Waals surface area contributed by atoms with Crippen molar-refractivity contribution < 1.29 is 9.53 Å². The van der Waals surface area contributed by atoms with E-state index in [1.54, 1.807) is 18.2 Å². The van der Waals surface area contributed by atoms with Crippen molar-refractivity contribution in [1.29, 1.82) is 0 Å². The predicted molar refractivity (Wildman–Crippen MR) is 95.7 cm³/mol. The molecule has 2 aromatic rings. The molecule has 0 heterocycles. The summed E-state index contributed by atoms with van der Waals surface area (Å²) in [5.41, 5.74) is 1.85. The predicted octanol–water partition coefficient (Wildman–Crippen LogP) is 5.52. The summed E-state index contributed by atoms with van der Waals surface area (Å²) in [5, 5.41) is 3.55. The first-order valence-electron chi connectivity index (χ1n) is 7.47. The van der Waals surface area contributed by atoms with Gasteiger partial charge < -0.3 is 10.1 Å². The lowest BCUT2D eigenvalue weighted by Crippen LogP contribution is -2.20. The molecule has 1 N–H and O–H groups in total.